The van der Waals surface area contributed by atoms with Gasteiger partial charge in [0.05, 0.1) is 6.10 Å². The van der Waals surface area contributed by atoms with E-state index in [1.807, 2.05) is 0 Å². The van der Waals surface area contributed by atoms with Crippen molar-refractivity contribution in [1.82, 2.24) is 0 Å². The monoisotopic (exact) mass is 113 g/mol. The highest BCUT2D eigenvalue weighted by Crippen LogP contribution is 1.82. The first kappa shape index (κ1) is 7.37. The predicted octanol–water partition coefficient (Wildman–Crippen LogP) is 0.963. The normalized spacial score (nSPS) is 14.4. The van der Waals surface area contributed by atoms with Crippen LogP contribution < -0.4 is 0 Å². The van der Waals surface area contributed by atoms with Crippen molar-refractivity contribution < 1.29 is 5.11 Å². The molecular weight excluding hydrogens is 102 g/mol. The first-order valence-corrected chi connectivity index (χ1v) is 2.54. The SMILES string of the molecule is CC(=N)/C=C\C(C)O. The fourth-order valence-electron chi connectivity index (χ4n) is 0.284. The van der Waals surface area contributed by atoms with Gasteiger partial charge in [-0.25, -0.2) is 0 Å². The van der Waals surface area contributed by atoms with Gasteiger partial charge in [0.15, 0.2) is 0 Å². The minimum Gasteiger partial charge on any atom is -0.389 e. The van der Waals surface area contributed by atoms with Crippen molar-refractivity contribution in [3.63, 3.8) is 0 Å². The second kappa shape index (κ2) is 3.38. The molecule has 46 valence electrons. The van der Waals surface area contributed by atoms with Gasteiger partial charge < -0.3 is 10.5 Å². The van der Waals surface area contributed by atoms with Crippen molar-refractivity contribution in [1.29, 1.82) is 5.41 Å². The highest BCUT2D eigenvalue weighted by Gasteiger charge is 1.83. The zero-order chi connectivity index (χ0) is 6.57. The molecule has 0 fully saturated rings. The van der Waals surface area contributed by atoms with E-state index in [4.69, 9.17) is 10.5 Å². The molecule has 0 aromatic rings. The summed E-state index contributed by atoms with van der Waals surface area (Å²) in [4.78, 5) is 0. The molecular formula is C6H11NO. The number of nitrogens with one attached hydrogen (secondary N) is 1. The van der Waals surface area contributed by atoms with Crippen LogP contribution in [0.2, 0.25) is 0 Å². The van der Waals surface area contributed by atoms with E-state index < -0.39 is 6.10 Å². The zero-order valence-corrected chi connectivity index (χ0v) is 5.18. The second-order valence-corrected chi connectivity index (χ2v) is 1.78. The van der Waals surface area contributed by atoms with Crippen molar-refractivity contribution in [2.75, 3.05) is 0 Å². The van der Waals surface area contributed by atoms with Gasteiger partial charge in [-0.2, -0.15) is 0 Å². The maximum atomic E-state index is 8.62. The van der Waals surface area contributed by atoms with E-state index in [1.165, 1.54) is 0 Å². The fraction of sp³-hybridized carbons (Fsp3) is 0.500. The molecule has 0 aromatic heterocycles. The van der Waals surface area contributed by atoms with Crippen LogP contribution in [0.25, 0.3) is 0 Å². The van der Waals surface area contributed by atoms with E-state index in [1.54, 1.807) is 26.0 Å². The molecule has 0 amide bonds. The van der Waals surface area contributed by atoms with Crippen molar-refractivity contribution in [2.24, 2.45) is 0 Å². The molecule has 0 saturated heterocycles. The van der Waals surface area contributed by atoms with Gasteiger partial charge in [-0.3, -0.25) is 0 Å². The molecule has 0 rings (SSSR count). The topological polar surface area (TPSA) is 44.1 Å². The molecule has 0 aliphatic rings. The lowest BCUT2D eigenvalue weighted by molar-refractivity contribution is 0.244. The van der Waals surface area contributed by atoms with Crippen LogP contribution in [0.3, 0.4) is 0 Å². The Morgan fingerprint density at radius 2 is 2.25 bits per heavy atom. The number of aliphatic hydroxyl groups excluding tert-OH is 1. The Labute approximate surface area is 49.4 Å². The molecule has 8 heavy (non-hydrogen) atoms. The summed E-state index contributed by atoms with van der Waals surface area (Å²) < 4.78 is 0. The van der Waals surface area contributed by atoms with Crippen molar-refractivity contribution >= 4 is 5.71 Å². The van der Waals surface area contributed by atoms with Crippen molar-refractivity contribution in [3.8, 4) is 0 Å². The van der Waals surface area contributed by atoms with Crippen molar-refractivity contribution in [2.45, 2.75) is 20.0 Å². The molecule has 0 aromatic carbocycles. The summed E-state index contributed by atoms with van der Waals surface area (Å²) in [6.45, 7) is 3.32. The Bertz CT molecular complexity index is 105. The van der Waals surface area contributed by atoms with Crippen LogP contribution in [0.5, 0.6) is 0 Å². The molecule has 1 atom stereocenters. The van der Waals surface area contributed by atoms with Crippen molar-refractivity contribution in [3.05, 3.63) is 12.2 Å². The summed E-state index contributed by atoms with van der Waals surface area (Å²) in [6.07, 6.45) is 2.71. The van der Waals surface area contributed by atoms with E-state index in [9.17, 15) is 0 Å². The highest BCUT2D eigenvalue weighted by atomic mass is 16.3. The van der Waals surface area contributed by atoms with Gasteiger partial charge >= 0.3 is 0 Å². The van der Waals surface area contributed by atoms with Gasteiger partial charge in [0.25, 0.3) is 0 Å². The van der Waals surface area contributed by atoms with Crippen LogP contribution in [-0.4, -0.2) is 16.9 Å². The Kier molecular flexibility index (Phi) is 3.12. The third-order valence-corrected chi connectivity index (χ3v) is 0.625. The quantitative estimate of drug-likeness (QED) is 0.515. The Morgan fingerprint density at radius 3 is 2.38 bits per heavy atom. The van der Waals surface area contributed by atoms with E-state index in [0.717, 1.165) is 0 Å². The maximum absolute atomic E-state index is 8.62. The first-order chi connectivity index (χ1) is 3.63. The molecule has 2 nitrogen and oxygen atoms in total. The van der Waals surface area contributed by atoms with Crippen LogP contribution in [0.1, 0.15) is 13.8 Å². The van der Waals surface area contributed by atoms with Gasteiger partial charge in [-0.05, 0) is 19.9 Å². The molecule has 0 heterocycles. The summed E-state index contributed by atoms with van der Waals surface area (Å²) in [5.74, 6) is 0. The molecule has 0 aliphatic heterocycles. The van der Waals surface area contributed by atoms with E-state index in [0.29, 0.717) is 5.71 Å². The number of hydrogen-bond donors (Lipinski definition) is 2. The average molecular weight is 113 g/mol. The lowest BCUT2D eigenvalue weighted by atomic mass is 10.3. The highest BCUT2D eigenvalue weighted by molar-refractivity contribution is 5.89. The standard InChI is InChI=1S/C6H11NO/c1-5(7)3-4-6(2)8/h3-4,6-8H,1-2H3/b4-3-,7-5?. The molecule has 2 N–H and O–H groups in total. The Hall–Kier alpha value is -0.630. The minimum absolute atomic E-state index is 0.435. The first-order valence-electron chi connectivity index (χ1n) is 2.54. The zero-order valence-electron chi connectivity index (χ0n) is 5.18. The van der Waals surface area contributed by atoms with E-state index in [-0.39, 0.29) is 0 Å². The van der Waals surface area contributed by atoms with Gasteiger partial charge in [-0.15, -0.1) is 0 Å². The third-order valence-electron chi connectivity index (χ3n) is 0.625. The molecule has 2 heteroatoms. The van der Waals surface area contributed by atoms with Crippen LogP contribution in [0.15, 0.2) is 12.2 Å². The largest absolute Gasteiger partial charge is 0.389 e. The summed E-state index contributed by atoms with van der Waals surface area (Å²) in [6, 6.07) is 0. The lowest BCUT2D eigenvalue weighted by Crippen LogP contribution is -1.93. The Morgan fingerprint density at radius 1 is 1.75 bits per heavy atom. The lowest BCUT2D eigenvalue weighted by Gasteiger charge is -1.90. The molecule has 1 unspecified atom stereocenters. The summed E-state index contributed by atoms with van der Waals surface area (Å²) in [5, 5.41) is 15.5. The number of rotatable bonds is 2. The van der Waals surface area contributed by atoms with Crippen LogP contribution >= 0.6 is 0 Å². The smallest absolute Gasteiger partial charge is 0.0696 e. The average Bonchev–Trinajstić information content (AvgIpc) is 1.61. The Balaban J connectivity index is 3.50. The van der Waals surface area contributed by atoms with Gasteiger partial charge in [0.1, 0.15) is 0 Å². The third kappa shape index (κ3) is 5.37. The summed E-state index contributed by atoms with van der Waals surface area (Å²) in [7, 11) is 0. The van der Waals surface area contributed by atoms with E-state index in [2.05, 4.69) is 0 Å². The van der Waals surface area contributed by atoms with E-state index >= 15 is 0 Å². The van der Waals surface area contributed by atoms with Gasteiger partial charge in [-0.1, -0.05) is 6.08 Å². The number of aliphatic hydroxyl groups is 1. The van der Waals surface area contributed by atoms with Gasteiger partial charge in [0, 0.05) is 5.71 Å². The molecule has 0 spiro atoms. The summed E-state index contributed by atoms with van der Waals surface area (Å²) in [5.41, 5.74) is 0.464. The minimum atomic E-state index is -0.435. The number of hydrogen-bond acceptors (Lipinski definition) is 2. The number of allylic oxidation sites excluding steroid dienone is 1. The van der Waals surface area contributed by atoms with Crippen LogP contribution in [0.4, 0.5) is 0 Å². The molecule has 0 aliphatic carbocycles. The molecule has 0 saturated carbocycles. The molecule has 0 bridgehead atoms. The predicted molar refractivity (Wildman–Crippen MR) is 34.2 cm³/mol. The summed E-state index contributed by atoms with van der Waals surface area (Å²) >= 11 is 0. The van der Waals surface area contributed by atoms with Crippen LogP contribution in [-0.2, 0) is 0 Å². The second-order valence-electron chi connectivity index (χ2n) is 1.78. The maximum Gasteiger partial charge on any atom is 0.0696 e. The van der Waals surface area contributed by atoms with Gasteiger partial charge in [0.2, 0.25) is 0 Å². The van der Waals surface area contributed by atoms with Crippen LogP contribution in [0, 0.1) is 5.41 Å². The molecule has 0 radical (unpaired) electrons. The fourth-order valence-corrected chi connectivity index (χ4v) is 0.284.